The fraction of sp³-hybridized carbons (Fsp3) is 0.571. The molecular formula is C21H28N2O5. The summed E-state index contributed by atoms with van der Waals surface area (Å²) >= 11 is 0. The Labute approximate surface area is 165 Å². The maximum absolute atomic E-state index is 12.7. The standard InChI is InChI=1S/C21H28N2O5/c1-14(2)20(21(26)22-15-8-4-3-5-9-15)28-19(25)12-23-16-10-6-7-11-17(16)27-13-18(23)24/h6-7,10-11,14-15,20H,3-5,8-9,12-13H2,1-2H3,(H,22,26)/t20-/m0/s1. The Balaban J connectivity index is 1.63. The summed E-state index contributed by atoms with van der Waals surface area (Å²) in [5.74, 6) is -0.805. The topological polar surface area (TPSA) is 84.9 Å². The highest BCUT2D eigenvalue weighted by Gasteiger charge is 2.32. The summed E-state index contributed by atoms with van der Waals surface area (Å²) in [7, 11) is 0. The summed E-state index contributed by atoms with van der Waals surface area (Å²) in [5, 5.41) is 3.02. The number of anilines is 1. The molecule has 1 saturated carbocycles. The second-order valence-corrected chi connectivity index (χ2v) is 7.73. The minimum atomic E-state index is -0.874. The number of fused-ring (bicyclic) bond motifs is 1. The summed E-state index contributed by atoms with van der Waals surface area (Å²) in [4.78, 5) is 38.8. The van der Waals surface area contributed by atoms with Crippen molar-refractivity contribution >= 4 is 23.5 Å². The zero-order valence-electron chi connectivity index (χ0n) is 16.5. The molecule has 28 heavy (non-hydrogen) atoms. The van der Waals surface area contributed by atoms with Gasteiger partial charge in [-0.2, -0.15) is 0 Å². The summed E-state index contributed by atoms with van der Waals surface area (Å²) in [5.41, 5.74) is 0.531. The van der Waals surface area contributed by atoms with Gasteiger partial charge in [0, 0.05) is 6.04 Å². The van der Waals surface area contributed by atoms with E-state index >= 15 is 0 Å². The van der Waals surface area contributed by atoms with Crippen molar-refractivity contribution in [1.82, 2.24) is 5.32 Å². The summed E-state index contributed by atoms with van der Waals surface area (Å²) in [6.07, 6.45) is 4.46. The van der Waals surface area contributed by atoms with Gasteiger partial charge in [-0.05, 0) is 30.9 Å². The van der Waals surface area contributed by atoms with E-state index in [0.717, 1.165) is 25.7 Å². The molecule has 0 saturated heterocycles. The van der Waals surface area contributed by atoms with Gasteiger partial charge < -0.3 is 14.8 Å². The maximum Gasteiger partial charge on any atom is 0.326 e. The van der Waals surface area contributed by atoms with Crippen molar-refractivity contribution in [3.63, 3.8) is 0 Å². The largest absolute Gasteiger partial charge is 0.482 e. The van der Waals surface area contributed by atoms with Crippen LogP contribution in [0, 0.1) is 5.92 Å². The third-order valence-electron chi connectivity index (χ3n) is 5.17. The lowest BCUT2D eigenvalue weighted by molar-refractivity contribution is -0.158. The molecule has 1 aliphatic heterocycles. The lowest BCUT2D eigenvalue weighted by Gasteiger charge is -2.30. The molecule has 1 aromatic carbocycles. The second kappa shape index (κ2) is 9.08. The van der Waals surface area contributed by atoms with Gasteiger partial charge in [0.1, 0.15) is 12.3 Å². The van der Waals surface area contributed by atoms with Crippen molar-refractivity contribution < 1.29 is 23.9 Å². The monoisotopic (exact) mass is 388 g/mol. The lowest BCUT2D eigenvalue weighted by Crippen LogP contribution is -2.48. The fourth-order valence-electron chi connectivity index (χ4n) is 3.66. The lowest BCUT2D eigenvalue weighted by atomic mass is 9.95. The first-order chi connectivity index (χ1) is 13.5. The molecule has 1 aliphatic carbocycles. The van der Waals surface area contributed by atoms with Crippen LogP contribution < -0.4 is 15.0 Å². The van der Waals surface area contributed by atoms with Crippen LogP contribution in [0.3, 0.4) is 0 Å². The fourth-order valence-corrected chi connectivity index (χ4v) is 3.66. The Bertz CT molecular complexity index is 727. The molecule has 1 N–H and O–H groups in total. The third-order valence-corrected chi connectivity index (χ3v) is 5.17. The average Bonchev–Trinajstić information content (AvgIpc) is 2.69. The van der Waals surface area contributed by atoms with Crippen molar-refractivity contribution in [1.29, 1.82) is 0 Å². The number of ether oxygens (including phenoxy) is 2. The molecule has 7 nitrogen and oxygen atoms in total. The number of benzene rings is 1. The zero-order valence-corrected chi connectivity index (χ0v) is 16.5. The van der Waals surface area contributed by atoms with Gasteiger partial charge in [0.2, 0.25) is 0 Å². The number of hydrogen-bond donors (Lipinski definition) is 1. The number of hydrogen-bond acceptors (Lipinski definition) is 5. The summed E-state index contributed by atoms with van der Waals surface area (Å²) in [6.45, 7) is 3.31. The number of amides is 2. The van der Waals surface area contributed by atoms with E-state index in [0.29, 0.717) is 11.4 Å². The van der Waals surface area contributed by atoms with Crippen LogP contribution in [0.4, 0.5) is 5.69 Å². The van der Waals surface area contributed by atoms with Crippen molar-refractivity contribution in [2.45, 2.75) is 58.1 Å². The normalized spacial score (nSPS) is 18.2. The highest BCUT2D eigenvalue weighted by atomic mass is 16.5. The van der Waals surface area contributed by atoms with E-state index in [1.165, 1.54) is 11.3 Å². The van der Waals surface area contributed by atoms with E-state index < -0.39 is 12.1 Å². The molecule has 3 rings (SSSR count). The van der Waals surface area contributed by atoms with Crippen LogP contribution in [0.5, 0.6) is 5.75 Å². The van der Waals surface area contributed by atoms with Crippen LogP contribution in [0.15, 0.2) is 24.3 Å². The van der Waals surface area contributed by atoms with Crippen LogP contribution in [0.2, 0.25) is 0 Å². The molecule has 1 atom stereocenters. The molecule has 0 bridgehead atoms. The highest BCUT2D eigenvalue weighted by Crippen LogP contribution is 2.31. The quantitative estimate of drug-likeness (QED) is 0.757. The molecule has 1 aromatic rings. The number of carbonyl (C=O) groups excluding carboxylic acids is 3. The van der Waals surface area contributed by atoms with Gasteiger partial charge in [-0.1, -0.05) is 45.2 Å². The molecular weight excluding hydrogens is 360 g/mol. The summed E-state index contributed by atoms with van der Waals surface area (Å²) in [6, 6.07) is 7.18. The Hall–Kier alpha value is -2.57. The van der Waals surface area contributed by atoms with Crippen LogP contribution >= 0.6 is 0 Å². The van der Waals surface area contributed by atoms with E-state index in [1.807, 2.05) is 13.8 Å². The first-order valence-corrected chi connectivity index (χ1v) is 9.97. The average molecular weight is 388 g/mol. The molecule has 1 heterocycles. The molecule has 7 heteroatoms. The van der Waals surface area contributed by atoms with Crippen molar-refractivity contribution in [2.24, 2.45) is 5.92 Å². The minimum Gasteiger partial charge on any atom is -0.482 e. The number of rotatable bonds is 6. The van der Waals surface area contributed by atoms with E-state index in [9.17, 15) is 14.4 Å². The first-order valence-electron chi connectivity index (χ1n) is 9.97. The van der Waals surface area contributed by atoms with Gasteiger partial charge in [0.25, 0.3) is 11.8 Å². The van der Waals surface area contributed by atoms with Crippen LogP contribution in [-0.4, -0.2) is 43.1 Å². The highest BCUT2D eigenvalue weighted by molar-refractivity contribution is 6.01. The predicted molar refractivity (Wildman–Crippen MR) is 104 cm³/mol. The van der Waals surface area contributed by atoms with Gasteiger partial charge in [-0.25, -0.2) is 0 Å². The van der Waals surface area contributed by atoms with E-state index in [-0.39, 0.29) is 36.9 Å². The molecule has 2 amide bonds. The molecule has 0 radical (unpaired) electrons. The molecule has 0 aromatic heterocycles. The smallest absolute Gasteiger partial charge is 0.326 e. The summed E-state index contributed by atoms with van der Waals surface area (Å²) < 4.78 is 10.9. The molecule has 1 fully saturated rings. The molecule has 2 aliphatic rings. The van der Waals surface area contributed by atoms with Crippen molar-refractivity contribution in [2.75, 3.05) is 18.1 Å². The van der Waals surface area contributed by atoms with Gasteiger partial charge in [-0.15, -0.1) is 0 Å². The second-order valence-electron chi connectivity index (χ2n) is 7.73. The van der Waals surface area contributed by atoms with E-state index in [1.54, 1.807) is 24.3 Å². The zero-order chi connectivity index (χ0) is 20.1. The van der Waals surface area contributed by atoms with Gasteiger partial charge in [-0.3, -0.25) is 19.3 Å². The maximum atomic E-state index is 12.7. The minimum absolute atomic E-state index is 0.125. The van der Waals surface area contributed by atoms with Crippen molar-refractivity contribution in [3.8, 4) is 5.75 Å². The van der Waals surface area contributed by atoms with E-state index in [2.05, 4.69) is 5.32 Å². The molecule has 0 unspecified atom stereocenters. The van der Waals surface area contributed by atoms with E-state index in [4.69, 9.17) is 9.47 Å². The van der Waals surface area contributed by atoms with Crippen molar-refractivity contribution in [3.05, 3.63) is 24.3 Å². The number of nitrogens with one attached hydrogen (secondary N) is 1. The van der Waals surface area contributed by atoms with Gasteiger partial charge in [0.15, 0.2) is 12.7 Å². The number of nitrogens with zero attached hydrogens (tertiary/aromatic N) is 1. The van der Waals surface area contributed by atoms with Crippen LogP contribution in [0.1, 0.15) is 46.0 Å². The Morgan fingerprint density at radius 1 is 1.21 bits per heavy atom. The SMILES string of the molecule is CC(C)[C@H](OC(=O)CN1C(=O)COc2ccccc21)C(=O)NC1CCCCC1. The predicted octanol–water partition coefficient (Wildman–Crippen LogP) is 2.43. The number of para-hydroxylation sites is 2. The van der Waals surface area contributed by atoms with Crippen LogP contribution in [0.25, 0.3) is 0 Å². The van der Waals surface area contributed by atoms with Gasteiger partial charge >= 0.3 is 5.97 Å². The Morgan fingerprint density at radius 2 is 1.93 bits per heavy atom. The van der Waals surface area contributed by atoms with Gasteiger partial charge in [0.05, 0.1) is 5.69 Å². The molecule has 0 spiro atoms. The Morgan fingerprint density at radius 3 is 2.64 bits per heavy atom. The third kappa shape index (κ3) is 4.82. The molecule has 152 valence electrons. The van der Waals surface area contributed by atoms with Crippen LogP contribution in [-0.2, 0) is 19.1 Å². The Kier molecular flexibility index (Phi) is 6.54. The number of carbonyl (C=O) groups is 3. The first kappa shape index (κ1) is 20.2. The number of esters is 1.